The van der Waals surface area contributed by atoms with Crippen molar-refractivity contribution in [2.24, 2.45) is 0 Å². The molecule has 2 amide bonds. The van der Waals surface area contributed by atoms with Gasteiger partial charge in [0.15, 0.2) is 6.61 Å². The van der Waals surface area contributed by atoms with Crippen LogP contribution >= 0.6 is 0 Å². The number of esters is 1. The minimum Gasteiger partial charge on any atom is -0.482 e. The third-order valence-corrected chi connectivity index (χ3v) is 3.32. The highest BCUT2D eigenvalue weighted by atomic mass is 16.6. The molecule has 2 aromatic carbocycles. The predicted octanol–water partition coefficient (Wildman–Crippen LogP) is 2.47. The topological polar surface area (TPSA) is 120 Å². The lowest BCUT2D eigenvalue weighted by Gasteiger charge is -2.09. The quantitative estimate of drug-likeness (QED) is 0.445. The maximum absolute atomic E-state index is 11.9. The molecular formula is C17H17N3O6. The Hall–Kier alpha value is -3.62. The Labute approximate surface area is 149 Å². The molecule has 9 nitrogen and oxygen atoms in total. The summed E-state index contributed by atoms with van der Waals surface area (Å²) in [6.45, 7) is -0.192. The number of carbonyl (C=O) groups excluding carboxylic acids is 2. The van der Waals surface area contributed by atoms with Gasteiger partial charge in [-0.15, -0.1) is 0 Å². The summed E-state index contributed by atoms with van der Waals surface area (Å²) in [5.41, 5.74) is 0.842. The first-order valence-corrected chi connectivity index (χ1v) is 7.56. The average molecular weight is 359 g/mol. The third kappa shape index (κ3) is 5.48. The van der Waals surface area contributed by atoms with Crippen molar-refractivity contribution >= 4 is 23.4 Å². The number of nitrogens with one attached hydrogen (secondary N) is 2. The van der Waals surface area contributed by atoms with E-state index in [9.17, 15) is 19.7 Å². The summed E-state index contributed by atoms with van der Waals surface area (Å²) in [5, 5.41) is 16.1. The lowest BCUT2D eigenvalue weighted by atomic mass is 10.2. The second kappa shape index (κ2) is 9.02. The minimum absolute atomic E-state index is 0.0172. The number of anilines is 1. The van der Waals surface area contributed by atoms with Crippen molar-refractivity contribution in [1.29, 1.82) is 0 Å². The van der Waals surface area contributed by atoms with Crippen LogP contribution in [0.3, 0.4) is 0 Å². The number of rotatable bonds is 7. The van der Waals surface area contributed by atoms with Gasteiger partial charge in [-0.1, -0.05) is 18.2 Å². The third-order valence-electron chi connectivity index (χ3n) is 3.32. The number of methoxy groups -OCH3 is 1. The fourth-order valence-corrected chi connectivity index (χ4v) is 2.02. The van der Waals surface area contributed by atoms with Gasteiger partial charge in [-0.2, -0.15) is 0 Å². The lowest BCUT2D eigenvalue weighted by molar-refractivity contribution is -0.385. The summed E-state index contributed by atoms with van der Waals surface area (Å²) >= 11 is 0. The second-order valence-electron chi connectivity index (χ2n) is 5.08. The number of nitro benzene ring substituents is 1. The molecule has 0 bridgehead atoms. The van der Waals surface area contributed by atoms with E-state index in [0.29, 0.717) is 17.0 Å². The zero-order valence-corrected chi connectivity index (χ0v) is 13.9. The van der Waals surface area contributed by atoms with E-state index >= 15 is 0 Å². The van der Waals surface area contributed by atoms with Gasteiger partial charge in [0.2, 0.25) is 0 Å². The number of benzene rings is 2. The van der Waals surface area contributed by atoms with Crippen LogP contribution in [0.15, 0.2) is 48.5 Å². The van der Waals surface area contributed by atoms with E-state index in [0.717, 1.165) is 0 Å². The number of ether oxygens (including phenoxy) is 2. The Kier molecular flexibility index (Phi) is 6.49. The maximum atomic E-state index is 11.9. The van der Waals surface area contributed by atoms with Crippen LogP contribution in [-0.4, -0.2) is 30.6 Å². The summed E-state index contributed by atoms with van der Waals surface area (Å²) < 4.78 is 9.66. The number of urea groups is 1. The van der Waals surface area contributed by atoms with Crippen LogP contribution in [0.4, 0.5) is 16.2 Å². The Morgan fingerprint density at radius 3 is 2.46 bits per heavy atom. The minimum atomic E-state index is -0.508. The van der Waals surface area contributed by atoms with Crippen LogP contribution in [0.1, 0.15) is 5.56 Å². The molecule has 2 rings (SSSR count). The highest BCUT2D eigenvalue weighted by Gasteiger charge is 2.13. The molecule has 0 spiro atoms. The monoisotopic (exact) mass is 359 g/mol. The normalized spacial score (nSPS) is 9.88. The summed E-state index contributed by atoms with van der Waals surface area (Å²) in [5.74, 6) is -0.0529. The van der Waals surface area contributed by atoms with E-state index in [1.54, 1.807) is 42.5 Å². The van der Waals surface area contributed by atoms with Crippen molar-refractivity contribution in [2.75, 3.05) is 19.0 Å². The van der Waals surface area contributed by atoms with Gasteiger partial charge in [-0.05, 0) is 24.3 Å². The molecule has 136 valence electrons. The Morgan fingerprint density at radius 2 is 1.81 bits per heavy atom. The van der Waals surface area contributed by atoms with Gasteiger partial charge in [-0.3, -0.25) is 10.1 Å². The van der Waals surface area contributed by atoms with E-state index < -0.39 is 16.9 Å². The summed E-state index contributed by atoms with van der Waals surface area (Å²) in [7, 11) is 1.27. The van der Waals surface area contributed by atoms with Crippen molar-refractivity contribution in [3.05, 3.63) is 64.2 Å². The Bertz CT molecular complexity index is 791. The Morgan fingerprint density at radius 1 is 1.12 bits per heavy atom. The van der Waals surface area contributed by atoms with Crippen LogP contribution in [-0.2, 0) is 16.1 Å². The molecule has 0 radical (unpaired) electrons. The van der Waals surface area contributed by atoms with Gasteiger partial charge in [0, 0.05) is 17.3 Å². The molecule has 0 saturated carbocycles. The number of hydrogen-bond acceptors (Lipinski definition) is 6. The summed E-state index contributed by atoms with van der Waals surface area (Å²) in [4.78, 5) is 33.4. The van der Waals surface area contributed by atoms with Crippen LogP contribution in [0.5, 0.6) is 5.75 Å². The van der Waals surface area contributed by atoms with Crippen molar-refractivity contribution < 1.29 is 24.0 Å². The van der Waals surface area contributed by atoms with Gasteiger partial charge >= 0.3 is 12.0 Å². The lowest BCUT2D eigenvalue weighted by Crippen LogP contribution is -2.28. The first-order valence-electron chi connectivity index (χ1n) is 7.56. The van der Waals surface area contributed by atoms with E-state index in [-0.39, 0.29) is 18.8 Å². The smallest absolute Gasteiger partial charge is 0.343 e. The van der Waals surface area contributed by atoms with Crippen molar-refractivity contribution in [1.82, 2.24) is 5.32 Å². The van der Waals surface area contributed by atoms with E-state index in [2.05, 4.69) is 15.4 Å². The highest BCUT2D eigenvalue weighted by molar-refractivity contribution is 5.89. The molecule has 2 N–H and O–H groups in total. The molecule has 0 aromatic heterocycles. The fraction of sp³-hybridized carbons (Fsp3) is 0.176. The number of hydrogen-bond donors (Lipinski definition) is 2. The van der Waals surface area contributed by atoms with E-state index in [1.165, 1.54) is 13.2 Å². The molecule has 26 heavy (non-hydrogen) atoms. The first-order chi connectivity index (χ1) is 12.5. The van der Waals surface area contributed by atoms with Crippen LogP contribution in [0, 0.1) is 10.1 Å². The number of carbonyl (C=O) groups is 2. The van der Waals surface area contributed by atoms with Crippen LogP contribution < -0.4 is 15.4 Å². The van der Waals surface area contributed by atoms with Crippen LogP contribution in [0.25, 0.3) is 0 Å². The molecule has 0 atom stereocenters. The van der Waals surface area contributed by atoms with Gasteiger partial charge < -0.3 is 20.1 Å². The first kappa shape index (κ1) is 18.7. The SMILES string of the molecule is COC(=O)COc1ccc(NC(=O)NCc2ccccc2[N+](=O)[O-])cc1. The van der Waals surface area contributed by atoms with E-state index in [4.69, 9.17) is 4.74 Å². The van der Waals surface area contributed by atoms with Gasteiger partial charge in [0.25, 0.3) is 5.69 Å². The molecule has 0 fully saturated rings. The predicted molar refractivity (Wildman–Crippen MR) is 92.9 cm³/mol. The van der Waals surface area contributed by atoms with Crippen molar-refractivity contribution in [2.45, 2.75) is 6.54 Å². The highest BCUT2D eigenvalue weighted by Crippen LogP contribution is 2.18. The molecule has 2 aromatic rings. The zero-order valence-electron chi connectivity index (χ0n) is 13.9. The molecular weight excluding hydrogens is 342 g/mol. The van der Waals surface area contributed by atoms with Gasteiger partial charge in [0.05, 0.1) is 18.6 Å². The van der Waals surface area contributed by atoms with Crippen LogP contribution in [0.2, 0.25) is 0 Å². The molecule has 0 aliphatic carbocycles. The van der Waals surface area contributed by atoms with Crippen molar-refractivity contribution in [3.8, 4) is 5.75 Å². The second-order valence-corrected chi connectivity index (χ2v) is 5.08. The van der Waals surface area contributed by atoms with E-state index in [1.807, 2.05) is 0 Å². The number of nitro groups is 1. The average Bonchev–Trinajstić information content (AvgIpc) is 2.65. The number of nitrogens with zero attached hydrogens (tertiary/aromatic N) is 1. The van der Waals surface area contributed by atoms with Crippen molar-refractivity contribution in [3.63, 3.8) is 0 Å². The van der Waals surface area contributed by atoms with Gasteiger partial charge in [-0.25, -0.2) is 9.59 Å². The number of amides is 2. The molecule has 0 unspecified atom stereocenters. The maximum Gasteiger partial charge on any atom is 0.343 e. The number of para-hydroxylation sites is 1. The standard InChI is InChI=1S/C17H17N3O6/c1-25-16(21)11-26-14-8-6-13(7-9-14)19-17(22)18-10-12-4-2-3-5-15(12)20(23)24/h2-9H,10-11H2,1H3,(H2,18,19,22). The van der Waals surface area contributed by atoms with Gasteiger partial charge in [0.1, 0.15) is 5.75 Å². The summed E-state index contributed by atoms with van der Waals surface area (Å²) in [6.07, 6.45) is 0. The molecule has 0 aliphatic heterocycles. The fourth-order valence-electron chi connectivity index (χ4n) is 2.02. The Balaban J connectivity index is 1.86. The molecule has 0 saturated heterocycles. The molecule has 9 heteroatoms. The largest absolute Gasteiger partial charge is 0.482 e. The zero-order chi connectivity index (χ0) is 18.9. The molecule has 0 heterocycles. The summed E-state index contributed by atoms with van der Waals surface area (Å²) in [6, 6.07) is 12.0. The molecule has 0 aliphatic rings.